The third-order valence-electron chi connectivity index (χ3n) is 5.85. The number of carbonyl (C=O) groups excluding carboxylic acids is 3. The van der Waals surface area contributed by atoms with Crippen LogP contribution in [0.5, 0.6) is 5.75 Å². The van der Waals surface area contributed by atoms with Gasteiger partial charge in [0.05, 0.1) is 10.2 Å². The van der Waals surface area contributed by atoms with Gasteiger partial charge in [0.1, 0.15) is 17.9 Å². The van der Waals surface area contributed by atoms with E-state index in [1.165, 1.54) is 6.08 Å². The maximum Gasteiger partial charge on any atom is 0.335 e. The fourth-order valence-electron chi connectivity index (χ4n) is 3.93. The molecule has 0 bridgehead atoms. The summed E-state index contributed by atoms with van der Waals surface area (Å²) >= 11 is 9.82. The number of urea groups is 1. The Morgan fingerprint density at radius 2 is 1.78 bits per heavy atom. The molecule has 8 heteroatoms. The van der Waals surface area contributed by atoms with E-state index in [1.54, 1.807) is 30.3 Å². The molecule has 0 spiro atoms. The highest BCUT2D eigenvalue weighted by Crippen LogP contribution is 2.34. The van der Waals surface area contributed by atoms with Gasteiger partial charge in [-0.05, 0) is 81.9 Å². The van der Waals surface area contributed by atoms with Crippen molar-refractivity contribution in [2.75, 3.05) is 4.90 Å². The van der Waals surface area contributed by atoms with Crippen molar-refractivity contribution in [1.29, 1.82) is 0 Å². The summed E-state index contributed by atoms with van der Waals surface area (Å²) in [6.07, 6.45) is 4.51. The molecule has 1 aliphatic rings. The molecular formula is C29H24BrClN2O4. The van der Waals surface area contributed by atoms with Crippen LogP contribution in [0.3, 0.4) is 0 Å². The van der Waals surface area contributed by atoms with Crippen molar-refractivity contribution in [3.8, 4) is 5.75 Å². The van der Waals surface area contributed by atoms with Gasteiger partial charge >= 0.3 is 6.03 Å². The van der Waals surface area contributed by atoms with E-state index in [0.29, 0.717) is 32.9 Å². The summed E-state index contributed by atoms with van der Waals surface area (Å²) in [5, 5.41) is 2.87. The molecule has 188 valence electrons. The summed E-state index contributed by atoms with van der Waals surface area (Å²) in [4.78, 5) is 39.4. The number of barbiturate groups is 1. The van der Waals surface area contributed by atoms with Crippen LogP contribution in [0.2, 0.25) is 5.02 Å². The van der Waals surface area contributed by atoms with E-state index >= 15 is 0 Å². The van der Waals surface area contributed by atoms with Gasteiger partial charge in [0.15, 0.2) is 0 Å². The molecule has 6 nitrogen and oxygen atoms in total. The van der Waals surface area contributed by atoms with Crippen molar-refractivity contribution >= 4 is 57.1 Å². The number of carbonyl (C=O) groups is 3. The van der Waals surface area contributed by atoms with Crippen LogP contribution in [-0.4, -0.2) is 17.8 Å². The number of imide groups is 2. The molecule has 3 aromatic carbocycles. The predicted molar refractivity (Wildman–Crippen MR) is 149 cm³/mol. The molecule has 0 atom stereocenters. The molecule has 1 aliphatic heterocycles. The number of aryl methyl sites for hydroxylation is 1. The highest BCUT2D eigenvalue weighted by Gasteiger charge is 2.36. The molecule has 37 heavy (non-hydrogen) atoms. The van der Waals surface area contributed by atoms with Crippen molar-refractivity contribution < 1.29 is 19.1 Å². The van der Waals surface area contributed by atoms with Crippen LogP contribution in [0.4, 0.5) is 10.5 Å². The molecule has 0 aromatic heterocycles. The van der Waals surface area contributed by atoms with Crippen LogP contribution >= 0.6 is 27.5 Å². The lowest BCUT2D eigenvalue weighted by atomic mass is 10.0. The first-order valence-electron chi connectivity index (χ1n) is 11.6. The van der Waals surface area contributed by atoms with Crippen LogP contribution in [-0.2, 0) is 29.0 Å². The zero-order valence-electron chi connectivity index (χ0n) is 20.1. The van der Waals surface area contributed by atoms with Gasteiger partial charge in [-0.15, -0.1) is 6.58 Å². The summed E-state index contributed by atoms with van der Waals surface area (Å²) in [5.41, 5.74) is 3.53. The summed E-state index contributed by atoms with van der Waals surface area (Å²) < 4.78 is 6.72. The molecule has 0 radical (unpaired) electrons. The van der Waals surface area contributed by atoms with Gasteiger partial charge in [-0.3, -0.25) is 14.9 Å². The second kappa shape index (κ2) is 11.6. The average Bonchev–Trinajstić information content (AvgIpc) is 2.87. The molecule has 0 saturated carbocycles. The van der Waals surface area contributed by atoms with Crippen molar-refractivity contribution in [2.45, 2.75) is 26.4 Å². The number of nitrogens with zero attached hydrogens (tertiary/aromatic N) is 1. The molecule has 1 N–H and O–H groups in total. The SMILES string of the molecule is C=CCc1cc(/C=C2/C(=O)NC(=O)N(c3ccc(CC)cc3)C2=O)cc(Br)c1OCc1ccccc1Cl. The number of halogens is 2. The van der Waals surface area contributed by atoms with E-state index in [0.717, 1.165) is 28.0 Å². The molecular weight excluding hydrogens is 556 g/mol. The first-order chi connectivity index (χ1) is 17.8. The highest BCUT2D eigenvalue weighted by molar-refractivity contribution is 9.10. The predicted octanol–water partition coefficient (Wildman–Crippen LogP) is 6.64. The standard InChI is InChI=1S/C29H24BrClN2O4/c1-3-7-20-14-19(16-24(30)26(20)37-17-21-8-5-6-9-25(21)31)15-23-27(34)32-29(36)33(28(23)35)22-12-10-18(4-2)11-13-22/h3,5-6,8-16H,1,4,7,17H2,2H3,(H,32,34,36)/b23-15-. The molecule has 3 aromatic rings. The Kier molecular flexibility index (Phi) is 8.26. The molecule has 0 aliphatic carbocycles. The van der Waals surface area contributed by atoms with E-state index in [2.05, 4.69) is 27.8 Å². The lowest BCUT2D eigenvalue weighted by molar-refractivity contribution is -0.122. The zero-order valence-corrected chi connectivity index (χ0v) is 22.4. The Morgan fingerprint density at radius 1 is 1.05 bits per heavy atom. The molecule has 4 amide bonds. The van der Waals surface area contributed by atoms with Gasteiger partial charge in [-0.2, -0.15) is 0 Å². The Bertz CT molecular complexity index is 1420. The van der Waals surface area contributed by atoms with E-state index in [9.17, 15) is 14.4 Å². The van der Waals surface area contributed by atoms with Gasteiger partial charge in [0, 0.05) is 10.6 Å². The number of nitrogens with one attached hydrogen (secondary N) is 1. The lowest BCUT2D eigenvalue weighted by Crippen LogP contribution is -2.54. The Hall–Kier alpha value is -3.68. The van der Waals surface area contributed by atoms with Crippen LogP contribution in [0.15, 0.2) is 83.4 Å². The van der Waals surface area contributed by atoms with Gasteiger partial charge < -0.3 is 4.74 Å². The summed E-state index contributed by atoms with van der Waals surface area (Å²) in [5.74, 6) is -0.843. The quantitative estimate of drug-likeness (QED) is 0.184. The average molecular weight is 580 g/mol. The normalized spacial score (nSPS) is 14.6. The van der Waals surface area contributed by atoms with Crippen molar-refractivity contribution in [3.63, 3.8) is 0 Å². The van der Waals surface area contributed by atoms with E-state index in [4.69, 9.17) is 16.3 Å². The first kappa shape index (κ1) is 26.4. The third-order valence-corrected chi connectivity index (χ3v) is 6.81. The van der Waals surface area contributed by atoms with Gasteiger partial charge in [0.2, 0.25) is 0 Å². The second-order valence-electron chi connectivity index (χ2n) is 8.34. The number of benzene rings is 3. The Morgan fingerprint density at radius 3 is 2.46 bits per heavy atom. The van der Waals surface area contributed by atoms with Crippen molar-refractivity contribution in [3.05, 3.63) is 111 Å². The number of hydrogen-bond donors (Lipinski definition) is 1. The summed E-state index contributed by atoms with van der Waals surface area (Å²) in [6, 6.07) is 17.3. The van der Waals surface area contributed by atoms with Crippen LogP contribution in [0.25, 0.3) is 6.08 Å². The van der Waals surface area contributed by atoms with Gasteiger partial charge in [-0.25, -0.2) is 9.69 Å². The summed E-state index contributed by atoms with van der Waals surface area (Å²) in [6.45, 7) is 6.10. The van der Waals surface area contributed by atoms with Gasteiger partial charge in [-0.1, -0.05) is 54.9 Å². The highest BCUT2D eigenvalue weighted by atomic mass is 79.9. The number of ether oxygens (including phenoxy) is 1. The van der Waals surface area contributed by atoms with Crippen LogP contribution < -0.4 is 15.0 Å². The number of hydrogen-bond acceptors (Lipinski definition) is 4. The second-order valence-corrected chi connectivity index (χ2v) is 9.60. The van der Waals surface area contributed by atoms with E-state index < -0.39 is 17.8 Å². The minimum atomic E-state index is -0.784. The topological polar surface area (TPSA) is 75.7 Å². The molecule has 1 heterocycles. The Labute approximate surface area is 228 Å². The Balaban J connectivity index is 1.66. The number of rotatable bonds is 8. The van der Waals surface area contributed by atoms with Crippen molar-refractivity contribution in [1.82, 2.24) is 5.32 Å². The molecule has 1 fully saturated rings. The minimum Gasteiger partial charge on any atom is -0.487 e. The molecule has 1 saturated heterocycles. The maximum absolute atomic E-state index is 13.3. The number of anilines is 1. The summed E-state index contributed by atoms with van der Waals surface area (Å²) in [7, 11) is 0. The first-order valence-corrected chi connectivity index (χ1v) is 12.8. The zero-order chi connectivity index (χ0) is 26.5. The van der Waals surface area contributed by atoms with Gasteiger partial charge in [0.25, 0.3) is 11.8 Å². The minimum absolute atomic E-state index is 0.152. The van der Waals surface area contributed by atoms with E-state index in [-0.39, 0.29) is 12.2 Å². The monoisotopic (exact) mass is 578 g/mol. The third kappa shape index (κ3) is 5.84. The molecule has 0 unspecified atom stereocenters. The maximum atomic E-state index is 13.3. The lowest BCUT2D eigenvalue weighted by Gasteiger charge is -2.26. The largest absolute Gasteiger partial charge is 0.487 e. The van der Waals surface area contributed by atoms with Crippen LogP contribution in [0.1, 0.15) is 29.2 Å². The van der Waals surface area contributed by atoms with E-state index in [1.807, 2.05) is 43.3 Å². The number of allylic oxidation sites excluding steroid dienone is 1. The molecule has 4 rings (SSSR count). The fourth-order valence-corrected chi connectivity index (χ4v) is 4.75. The fraction of sp³-hybridized carbons (Fsp3) is 0.138. The number of amides is 4. The van der Waals surface area contributed by atoms with Crippen molar-refractivity contribution in [2.24, 2.45) is 0 Å². The van der Waals surface area contributed by atoms with Crippen LogP contribution in [0, 0.1) is 0 Å². The smallest absolute Gasteiger partial charge is 0.335 e.